The van der Waals surface area contributed by atoms with Crippen molar-refractivity contribution in [3.8, 4) is 0 Å². The van der Waals surface area contributed by atoms with Gasteiger partial charge in [-0.25, -0.2) is 8.78 Å². The van der Waals surface area contributed by atoms with E-state index in [9.17, 15) is 18.7 Å². The van der Waals surface area contributed by atoms with E-state index in [1.807, 2.05) is 6.92 Å². The SMILES string of the molecule is C=CCON=C(CC)C1=C(O)CC(CCSc2ccc(F)c(F)c2)CC1=O. The number of thioether (sulfide) groups is 1. The summed E-state index contributed by atoms with van der Waals surface area (Å²) in [7, 11) is 0. The normalized spacial score (nSPS) is 18.0. The maximum Gasteiger partial charge on any atom is 0.168 e. The summed E-state index contributed by atoms with van der Waals surface area (Å²) in [6.07, 6.45) is 3.41. The lowest BCUT2D eigenvalue weighted by molar-refractivity contribution is -0.116. The van der Waals surface area contributed by atoms with E-state index in [1.54, 1.807) is 6.08 Å². The van der Waals surface area contributed by atoms with Crippen LogP contribution in [-0.4, -0.2) is 29.0 Å². The monoisotopic (exact) mass is 395 g/mol. The molecule has 0 bridgehead atoms. The number of ketones is 1. The lowest BCUT2D eigenvalue weighted by Crippen LogP contribution is -2.25. The van der Waals surface area contributed by atoms with Crippen LogP contribution in [0.3, 0.4) is 0 Å². The standard InChI is InChI=1S/C20H23F2NO3S/c1-3-8-26-23-17(4-2)20-18(24)10-13(11-19(20)25)7-9-27-14-5-6-15(21)16(22)12-14/h3,5-6,12-13,24H,1,4,7-11H2,2H3. The van der Waals surface area contributed by atoms with Crippen molar-refractivity contribution in [1.29, 1.82) is 0 Å². The number of aliphatic hydroxyl groups is 1. The van der Waals surface area contributed by atoms with Crippen LogP contribution >= 0.6 is 11.8 Å². The van der Waals surface area contributed by atoms with Gasteiger partial charge in [0.25, 0.3) is 0 Å². The largest absolute Gasteiger partial charge is 0.511 e. The van der Waals surface area contributed by atoms with Crippen molar-refractivity contribution in [2.75, 3.05) is 12.4 Å². The molecule has 2 rings (SSSR count). The second kappa shape index (κ2) is 10.3. The Balaban J connectivity index is 1.95. The van der Waals surface area contributed by atoms with Gasteiger partial charge in [-0.3, -0.25) is 4.79 Å². The molecule has 1 aliphatic carbocycles. The third-order valence-electron chi connectivity index (χ3n) is 4.20. The highest BCUT2D eigenvalue weighted by molar-refractivity contribution is 7.99. The molecule has 27 heavy (non-hydrogen) atoms. The van der Waals surface area contributed by atoms with Crippen molar-refractivity contribution in [2.24, 2.45) is 11.1 Å². The molecule has 0 amide bonds. The van der Waals surface area contributed by atoms with Crippen LogP contribution in [0.4, 0.5) is 8.78 Å². The quantitative estimate of drug-likeness (QED) is 0.205. The highest BCUT2D eigenvalue weighted by Gasteiger charge is 2.30. The number of carbonyl (C=O) groups excluding carboxylic acids is 1. The van der Waals surface area contributed by atoms with Crippen molar-refractivity contribution < 1.29 is 23.5 Å². The molecule has 4 nitrogen and oxygen atoms in total. The number of benzene rings is 1. The zero-order valence-electron chi connectivity index (χ0n) is 15.2. The third-order valence-corrected chi connectivity index (χ3v) is 5.23. The molecule has 0 spiro atoms. The molecule has 7 heteroatoms. The molecule has 0 saturated carbocycles. The molecule has 1 aliphatic rings. The Morgan fingerprint density at radius 3 is 2.81 bits per heavy atom. The summed E-state index contributed by atoms with van der Waals surface area (Å²) in [5.74, 6) is -1.20. The van der Waals surface area contributed by atoms with E-state index in [2.05, 4.69) is 11.7 Å². The fourth-order valence-corrected chi connectivity index (χ4v) is 3.91. The molecule has 0 aromatic heterocycles. The van der Waals surface area contributed by atoms with Gasteiger partial charge in [-0.1, -0.05) is 24.7 Å². The van der Waals surface area contributed by atoms with Gasteiger partial charge in [0.2, 0.25) is 0 Å². The average molecular weight is 395 g/mol. The van der Waals surface area contributed by atoms with Gasteiger partial charge in [0.05, 0.1) is 11.3 Å². The molecule has 1 N–H and O–H groups in total. The molecule has 1 atom stereocenters. The summed E-state index contributed by atoms with van der Waals surface area (Å²) in [4.78, 5) is 18.2. The van der Waals surface area contributed by atoms with Gasteiger partial charge >= 0.3 is 0 Å². The minimum Gasteiger partial charge on any atom is -0.511 e. The van der Waals surface area contributed by atoms with Gasteiger partial charge in [0.1, 0.15) is 12.4 Å². The van der Waals surface area contributed by atoms with Crippen LogP contribution in [0.15, 0.2) is 52.2 Å². The summed E-state index contributed by atoms with van der Waals surface area (Å²) in [5.41, 5.74) is 0.694. The van der Waals surface area contributed by atoms with E-state index in [1.165, 1.54) is 17.8 Å². The molecule has 1 unspecified atom stereocenters. The van der Waals surface area contributed by atoms with Crippen LogP contribution in [-0.2, 0) is 9.63 Å². The number of carbonyl (C=O) groups is 1. The minimum atomic E-state index is -0.872. The van der Waals surface area contributed by atoms with Crippen molar-refractivity contribution >= 4 is 23.3 Å². The molecule has 0 fully saturated rings. The number of rotatable bonds is 9. The predicted molar refractivity (Wildman–Crippen MR) is 103 cm³/mol. The third kappa shape index (κ3) is 5.92. The summed E-state index contributed by atoms with van der Waals surface area (Å²) in [6.45, 7) is 5.60. The number of halogens is 2. The molecule has 0 saturated heterocycles. The van der Waals surface area contributed by atoms with Crippen LogP contribution < -0.4 is 0 Å². The van der Waals surface area contributed by atoms with Crippen molar-refractivity contribution in [1.82, 2.24) is 0 Å². The Morgan fingerprint density at radius 1 is 1.41 bits per heavy atom. The minimum absolute atomic E-state index is 0.00578. The van der Waals surface area contributed by atoms with Gasteiger partial charge in [0.15, 0.2) is 17.4 Å². The Morgan fingerprint density at radius 2 is 2.19 bits per heavy atom. The maximum atomic E-state index is 13.2. The highest BCUT2D eigenvalue weighted by Crippen LogP contribution is 2.31. The maximum absolute atomic E-state index is 13.2. The Hall–Kier alpha value is -2.15. The van der Waals surface area contributed by atoms with Gasteiger partial charge in [0, 0.05) is 17.7 Å². The van der Waals surface area contributed by atoms with Crippen molar-refractivity contribution in [3.05, 3.63) is 53.8 Å². The molecule has 1 aromatic carbocycles. The number of allylic oxidation sites excluding steroid dienone is 2. The van der Waals surface area contributed by atoms with E-state index >= 15 is 0 Å². The number of nitrogens with zero attached hydrogens (tertiary/aromatic N) is 1. The second-order valence-electron chi connectivity index (χ2n) is 6.21. The van der Waals surface area contributed by atoms with Crippen LogP contribution in [0.25, 0.3) is 0 Å². The fraction of sp³-hybridized carbons (Fsp3) is 0.400. The number of oxime groups is 1. The lowest BCUT2D eigenvalue weighted by atomic mass is 9.83. The molecule has 0 heterocycles. The van der Waals surface area contributed by atoms with Gasteiger partial charge < -0.3 is 9.94 Å². The van der Waals surface area contributed by atoms with Crippen molar-refractivity contribution in [2.45, 2.75) is 37.5 Å². The number of Topliss-reactive ketones (excluding diaryl/α,β-unsaturated/α-hetero) is 1. The summed E-state index contributed by atoms with van der Waals surface area (Å²) in [5, 5.41) is 14.3. The highest BCUT2D eigenvalue weighted by atomic mass is 32.2. The lowest BCUT2D eigenvalue weighted by Gasteiger charge is -2.23. The van der Waals surface area contributed by atoms with Crippen molar-refractivity contribution in [3.63, 3.8) is 0 Å². The predicted octanol–water partition coefficient (Wildman–Crippen LogP) is 5.21. The zero-order chi connectivity index (χ0) is 19.8. The molecular formula is C20H23F2NO3S. The van der Waals surface area contributed by atoms with E-state index in [0.29, 0.717) is 42.0 Å². The average Bonchev–Trinajstić information content (AvgIpc) is 2.63. The molecular weight excluding hydrogens is 372 g/mol. The fourth-order valence-electron chi connectivity index (χ4n) is 2.87. The van der Waals surface area contributed by atoms with Crippen LogP contribution in [0.5, 0.6) is 0 Å². The summed E-state index contributed by atoms with van der Waals surface area (Å²) in [6, 6.07) is 3.79. The first-order valence-corrected chi connectivity index (χ1v) is 9.78. The van der Waals surface area contributed by atoms with Crippen LogP contribution in [0, 0.1) is 17.6 Å². The number of aliphatic hydroxyl groups excluding tert-OH is 1. The van der Waals surface area contributed by atoms with E-state index < -0.39 is 11.6 Å². The Kier molecular flexibility index (Phi) is 8.03. The Labute approximate surface area is 162 Å². The summed E-state index contributed by atoms with van der Waals surface area (Å²) < 4.78 is 26.2. The Bertz CT molecular complexity index is 762. The first-order valence-electron chi connectivity index (χ1n) is 8.79. The van der Waals surface area contributed by atoms with Gasteiger partial charge in [-0.15, -0.1) is 11.8 Å². The molecule has 0 radical (unpaired) electrons. The topological polar surface area (TPSA) is 58.9 Å². The van der Waals surface area contributed by atoms with Crippen LogP contribution in [0.2, 0.25) is 0 Å². The zero-order valence-corrected chi connectivity index (χ0v) is 16.0. The summed E-state index contributed by atoms with van der Waals surface area (Å²) >= 11 is 1.40. The number of hydrogen-bond acceptors (Lipinski definition) is 5. The molecule has 0 aliphatic heterocycles. The molecule has 1 aromatic rings. The van der Waals surface area contributed by atoms with E-state index in [-0.39, 0.29) is 29.6 Å². The van der Waals surface area contributed by atoms with E-state index in [0.717, 1.165) is 12.1 Å². The van der Waals surface area contributed by atoms with E-state index in [4.69, 9.17) is 4.84 Å². The van der Waals surface area contributed by atoms with Gasteiger partial charge in [-0.05, 0) is 42.7 Å². The second-order valence-corrected chi connectivity index (χ2v) is 7.38. The molecule has 146 valence electrons. The number of hydrogen-bond donors (Lipinski definition) is 1. The van der Waals surface area contributed by atoms with Crippen LogP contribution in [0.1, 0.15) is 32.6 Å². The smallest absolute Gasteiger partial charge is 0.168 e. The first-order chi connectivity index (χ1) is 13.0. The first kappa shape index (κ1) is 21.2. The van der Waals surface area contributed by atoms with Gasteiger partial charge in [-0.2, -0.15) is 0 Å².